The third-order valence-electron chi connectivity index (χ3n) is 4.36. The average Bonchev–Trinajstić information content (AvgIpc) is 2.70. The van der Waals surface area contributed by atoms with Gasteiger partial charge in [-0.2, -0.15) is 0 Å². The molecule has 0 spiro atoms. The quantitative estimate of drug-likeness (QED) is 0.479. The molecule has 0 radical (unpaired) electrons. The van der Waals surface area contributed by atoms with Crippen molar-refractivity contribution in [1.29, 1.82) is 0 Å². The van der Waals surface area contributed by atoms with Crippen LogP contribution in [0.25, 0.3) is 0 Å². The molecule has 3 rings (SSSR count). The molecule has 0 aliphatic carbocycles. The van der Waals surface area contributed by atoms with Crippen molar-refractivity contribution in [3.8, 4) is 0 Å². The van der Waals surface area contributed by atoms with Crippen LogP contribution in [0.5, 0.6) is 0 Å². The monoisotopic (exact) mass is 431 g/mol. The Bertz CT molecular complexity index is 1020. The number of hydrogen-bond donors (Lipinski definition) is 2. The Morgan fingerprint density at radius 2 is 1.79 bits per heavy atom. The second kappa shape index (κ2) is 9.25. The first-order valence-electron chi connectivity index (χ1n) is 9.08. The number of benzene rings is 2. The van der Waals surface area contributed by atoms with Crippen molar-refractivity contribution in [2.45, 2.75) is 26.3 Å². The van der Waals surface area contributed by atoms with Crippen molar-refractivity contribution in [1.82, 2.24) is 10.3 Å². The van der Waals surface area contributed by atoms with Gasteiger partial charge in [0.25, 0.3) is 5.91 Å². The zero-order valence-corrected chi connectivity index (χ0v) is 17.5. The fourth-order valence-electron chi connectivity index (χ4n) is 2.81. The highest BCUT2D eigenvalue weighted by atomic mass is 35.5. The zero-order valence-electron chi connectivity index (χ0n) is 16.0. The van der Waals surface area contributed by atoms with Gasteiger partial charge < -0.3 is 10.6 Å². The van der Waals surface area contributed by atoms with Gasteiger partial charge in [-0.1, -0.05) is 49.2 Å². The van der Waals surface area contributed by atoms with Gasteiger partial charge in [0, 0.05) is 18.4 Å². The molecule has 0 bridgehead atoms. The molecule has 1 amide bonds. The first kappa shape index (κ1) is 21.1. The van der Waals surface area contributed by atoms with E-state index in [0.29, 0.717) is 28.0 Å². The molecule has 150 valence electrons. The summed E-state index contributed by atoms with van der Waals surface area (Å²) in [6.45, 7) is 4.32. The molecule has 4 nitrogen and oxygen atoms in total. The van der Waals surface area contributed by atoms with Gasteiger partial charge in [0.2, 0.25) is 0 Å². The summed E-state index contributed by atoms with van der Waals surface area (Å²) in [6.07, 6.45) is 1.55. The normalized spacial score (nSPS) is 10.8. The van der Waals surface area contributed by atoms with Crippen molar-refractivity contribution in [2.24, 2.45) is 0 Å². The molecule has 0 aliphatic rings. The Hall–Kier alpha value is -2.63. The van der Waals surface area contributed by atoms with Crippen molar-refractivity contribution in [3.05, 3.63) is 87.3 Å². The van der Waals surface area contributed by atoms with Crippen LogP contribution in [0.4, 0.5) is 15.9 Å². The minimum atomic E-state index is -0.309. The van der Waals surface area contributed by atoms with Crippen LogP contribution in [-0.4, -0.2) is 10.9 Å². The van der Waals surface area contributed by atoms with Gasteiger partial charge >= 0.3 is 0 Å². The number of halogens is 3. The maximum Gasteiger partial charge on any atom is 0.253 e. The third-order valence-corrected chi connectivity index (χ3v) is 5.10. The molecule has 1 heterocycles. The summed E-state index contributed by atoms with van der Waals surface area (Å²) >= 11 is 12.0. The lowest BCUT2D eigenvalue weighted by Gasteiger charge is -2.15. The van der Waals surface area contributed by atoms with Crippen LogP contribution < -0.4 is 10.6 Å². The van der Waals surface area contributed by atoms with E-state index >= 15 is 0 Å². The van der Waals surface area contributed by atoms with Crippen LogP contribution in [0.2, 0.25) is 10.0 Å². The van der Waals surface area contributed by atoms with Crippen molar-refractivity contribution in [3.63, 3.8) is 0 Å². The number of rotatable bonds is 6. The second-order valence-corrected chi connectivity index (χ2v) is 7.69. The molecule has 1 aromatic heterocycles. The molecule has 2 aromatic carbocycles. The number of pyridine rings is 1. The van der Waals surface area contributed by atoms with Gasteiger partial charge in [-0.15, -0.1) is 0 Å². The highest BCUT2D eigenvalue weighted by Gasteiger charge is 2.16. The molecule has 0 saturated heterocycles. The highest BCUT2D eigenvalue weighted by Crippen LogP contribution is 2.28. The minimum Gasteiger partial charge on any atom is -0.348 e. The van der Waals surface area contributed by atoms with Gasteiger partial charge in [0.05, 0.1) is 15.6 Å². The molecule has 3 aromatic rings. The number of nitrogens with one attached hydrogen (secondary N) is 2. The lowest BCUT2D eigenvalue weighted by Crippen LogP contribution is -2.24. The smallest absolute Gasteiger partial charge is 0.253 e. The standard InChI is InChI=1S/C22H20Cl2FN3O/c1-13(2)17-10-21(28-16-7-8-19(23)20(24)9-16)26-12-18(17)22(29)27-11-14-3-5-15(25)6-4-14/h3-10,12-13H,11H2,1-2H3,(H,26,28)(H,27,29). The first-order valence-corrected chi connectivity index (χ1v) is 9.83. The molecule has 0 fully saturated rings. The van der Waals surface area contributed by atoms with Crippen LogP contribution in [0, 0.1) is 5.82 Å². The summed E-state index contributed by atoms with van der Waals surface area (Å²) in [5, 5.41) is 6.95. The molecular formula is C22H20Cl2FN3O. The predicted octanol–water partition coefficient (Wildman–Crippen LogP) is 6.32. The van der Waals surface area contributed by atoms with Crippen molar-refractivity contribution < 1.29 is 9.18 Å². The third kappa shape index (κ3) is 5.46. The Morgan fingerprint density at radius 3 is 2.45 bits per heavy atom. The average molecular weight is 432 g/mol. The second-order valence-electron chi connectivity index (χ2n) is 6.87. The van der Waals surface area contributed by atoms with Crippen LogP contribution in [0.1, 0.15) is 41.3 Å². The summed E-state index contributed by atoms with van der Waals surface area (Å²) in [5.41, 5.74) is 2.92. The zero-order chi connectivity index (χ0) is 21.0. The maximum atomic E-state index is 13.0. The number of aromatic nitrogens is 1. The highest BCUT2D eigenvalue weighted by molar-refractivity contribution is 6.42. The molecule has 7 heteroatoms. The lowest BCUT2D eigenvalue weighted by atomic mass is 9.98. The van der Waals surface area contributed by atoms with Crippen LogP contribution >= 0.6 is 23.2 Å². The number of anilines is 2. The van der Waals surface area contributed by atoms with Gasteiger partial charge in [0.1, 0.15) is 11.6 Å². The topological polar surface area (TPSA) is 54.0 Å². The van der Waals surface area contributed by atoms with E-state index in [1.165, 1.54) is 12.1 Å². The van der Waals surface area contributed by atoms with E-state index in [9.17, 15) is 9.18 Å². The number of amides is 1. The van der Waals surface area contributed by atoms with Gasteiger partial charge in [-0.3, -0.25) is 4.79 Å². The Kier molecular flexibility index (Phi) is 6.72. The fraction of sp³-hybridized carbons (Fsp3) is 0.182. The number of hydrogen-bond acceptors (Lipinski definition) is 3. The molecule has 0 unspecified atom stereocenters. The molecule has 2 N–H and O–H groups in total. The molecule has 0 atom stereocenters. The maximum absolute atomic E-state index is 13.0. The van der Waals surface area contributed by atoms with Crippen LogP contribution in [0.3, 0.4) is 0 Å². The van der Waals surface area contributed by atoms with E-state index in [1.54, 1.807) is 36.5 Å². The summed E-state index contributed by atoms with van der Waals surface area (Å²) in [6, 6.07) is 13.1. The fourth-order valence-corrected chi connectivity index (χ4v) is 3.11. The first-order chi connectivity index (χ1) is 13.8. The van der Waals surface area contributed by atoms with E-state index < -0.39 is 0 Å². The summed E-state index contributed by atoms with van der Waals surface area (Å²) < 4.78 is 13.0. The van der Waals surface area contributed by atoms with Gasteiger partial charge in [-0.05, 0) is 53.4 Å². The molecule has 29 heavy (non-hydrogen) atoms. The van der Waals surface area contributed by atoms with Crippen LogP contribution in [-0.2, 0) is 6.54 Å². The van der Waals surface area contributed by atoms with Gasteiger partial charge in [0.15, 0.2) is 0 Å². The Balaban J connectivity index is 1.77. The van der Waals surface area contributed by atoms with E-state index in [2.05, 4.69) is 15.6 Å². The Labute approximate surface area is 179 Å². The molecular weight excluding hydrogens is 412 g/mol. The molecule has 0 saturated carbocycles. The summed E-state index contributed by atoms with van der Waals surface area (Å²) in [5.74, 6) is 0.171. The van der Waals surface area contributed by atoms with Crippen LogP contribution in [0.15, 0.2) is 54.7 Å². The number of nitrogens with zero attached hydrogens (tertiary/aromatic N) is 1. The summed E-state index contributed by atoms with van der Waals surface area (Å²) in [7, 11) is 0. The summed E-state index contributed by atoms with van der Waals surface area (Å²) in [4.78, 5) is 17.0. The lowest BCUT2D eigenvalue weighted by molar-refractivity contribution is 0.0949. The predicted molar refractivity (Wildman–Crippen MR) is 116 cm³/mol. The van der Waals surface area contributed by atoms with Crippen molar-refractivity contribution >= 4 is 40.6 Å². The largest absolute Gasteiger partial charge is 0.348 e. The van der Waals surface area contributed by atoms with E-state index in [0.717, 1.165) is 16.8 Å². The van der Waals surface area contributed by atoms with Gasteiger partial charge in [-0.25, -0.2) is 9.37 Å². The van der Waals surface area contributed by atoms with E-state index in [1.807, 2.05) is 19.9 Å². The molecule has 0 aliphatic heterocycles. The number of carbonyl (C=O) groups is 1. The number of carbonyl (C=O) groups excluding carboxylic acids is 1. The minimum absolute atomic E-state index is 0.110. The van der Waals surface area contributed by atoms with E-state index in [4.69, 9.17) is 23.2 Å². The van der Waals surface area contributed by atoms with Crippen molar-refractivity contribution in [2.75, 3.05) is 5.32 Å². The SMILES string of the molecule is CC(C)c1cc(Nc2ccc(Cl)c(Cl)c2)ncc1C(=O)NCc1ccc(F)cc1. The Morgan fingerprint density at radius 1 is 1.07 bits per heavy atom. The van der Waals surface area contributed by atoms with E-state index in [-0.39, 0.29) is 17.6 Å².